The highest BCUT2D eigenvalue weighted by atomic mass is 33.1. The Hall–Kier alpha value is -2.80. The lowest BCUT2D eigenvalue weighted by Gasteiger charge is -1.93. The largest absolute Gasteiger partial charge is 0.412 e. The van der Waals surface area contributed by atoms with Crippen LogP contribution >= 0.6 is 21.6 Å². The first-order valence-electron chi connectivity index (χ1n) is 6.88. The summed E-state index contributed by atoms with van der Waals surface area (Å²) in [5, 5.41) is 15.4. The standard InChI is InChI=1S/C14H10N8S2.2H2O/c1-5-15-6-2-9(1)11-17-13(21-19-11)23-24-14-18-12(20-22-14)10-3-7-16-8-4-10;;/h1-8H,(H,17,19,21)(H,18,20,22);2*1H2. The van der Waals surface area contributed by atoms with Gasteiger partial charge in [0.2, 0.25) is 10.3 Å². The third kappa shape index (κ3) is 4.43. The molecule has 4 aromatic heterocycles. The Bertz CT molecular complexity index is 855. The maximum absolute atomic E-state index is 4.43. The number of aromatic nitrogens is 8. The molecule has 4 rings (SSSR count). The van der Waals surface area contributed by atoms with Crippen LogP contribution in [0.2, 0.25) is 0 Å². The highest BCUT2D eigenvalue weighted by Gasteiger charge is 2.10. The van der Waals surface area contributed by atoms with E-state index in [0.29, 0.717) is 22.0 Å². The molecule has 12 heteroatoms. The molecule has 0 unspecified atom stereocenters. The van der Waals surface area contributed by atoms with Gasteiger partial charge in [-0.15, -0.1) is 10.2 Å². The fourth-order valence-corrected chi connectivity index (χ4v) is 3.39. The third-order valence-corrected chi connectivity index (χ3v) is 4.92. The van der Waals surface area contributed by atoms with Crippen molar-refractivity contribution in [1.29, 1.82) is 0 Å². The van der Waals surface area contributed by atoms with E-state index in [2.05, 4.69) is 40.3 Å². The molecule has 4 heterocycles. The van der Waals surface area contributed by atoms with Crippen molar-refractivity contribution >= 4 is 21.6 Å². The highest BCUT2D eigenvalue weighted by Crippen LogP contribution is 2.34. The van der Waals surface area contributed by atoms with Crippen LogP contribution < -0.4 is 0 Å². The molecule has 0 fully saturated rings. The van der Waals surface area contributed by atoms with Gasteiger partial charge in [0.25, 0.3) is 0 Å². The summed E-state index contributed by atoms with van der Waals surface area (Å²) < 4.78 is 0. The summed E-state index contributed by atoms with van der Waals surface area (Å²) in [5.41, 5.74) is 1.87. The molecule has 4 aromatic rings. The second-order valence-corrected chi connectivity index (χ2v) is 6.64. The number of nitrogens with one attached hydrogen (secondary N) is 2. The normalized spacial score (nSPS) is 10.0. The lowest BCUT2D eigenvalue weighted by molar-refractivity contribution is 0.823. The van der Waals surface area contributed by atoms with Gasteiger partial charge < -0.3 is 11.0 Å². The molecule has 0 aliphatic carbocycles. The fourth-order valence-electron chi connectivity index (χ4n) is 1.92. The number of hydrogen-bond donors (Lipinski definition) is 2. The Labute approximate surface area is 155 Å². The van der Waals surface area contributed by atoms with Crippen molar-refractivity contribution in [3.63, 3.8) is 0 Å². The molecule has 134 valence electrons. The molecule has 0 spiro atoms. The molecule has 0 aromatic carbocycles. The van der Waals surface area contributed by atoms with Crippen LogP contribution in [0.25, 0.3) is 22.8 Å². The predicted octanol–water partition coefficient (Wildman–Crippen LogP) is 1.20. The van der Waals surface area contributed by atoms with E-state index in [-0.39, 0.29) is 11.0 Å². The molecule has 0 aliphatic rings. The van der Waals surface area contributed by atoms with Crippen LogP contribution in [-0.4, -0.2) is 51.3 Å². The SMILES string of the molecule is O.O.c1cc(-c2nc(SSc3n[nH]c(-c4ccncc4)n3)n[nH]2)ccn1. The zero-order chi connectivity index (χ0) is 16.2. The van der Waals surface area contributed by atoms with Gasteiger partial charge in [-0.25, -0.2) is 9.97 Å². The Morgan fingerprint density at radius 2 is 1.00 bits per heavy atom. The van der Waals surface area contributed by atoms with Crippen LogP contribution in [0, 0.1) is 0 Å². The van der Waals surface area contributed by atoms with Gasteiger partial charge in [-0.1, -0.05) is 0 Å². The number of nitrogens with zero attached hydrogens (tertiary/aromatic N) is 6. The van der Waals surface area contributed by atoms with E-state index in [1.54, 1.807) is 24.8 Å². The number of aromatic amines is 2. The minimum Gasteiger partial charge on any atom is -0.412 e. The molecule has 0 saturated heterocycles. The quantitative estimate of drug-likeness (QED) is 0.478. The lowest BCUT2D eigenvalue weighted by Crippen LogP contribution is -1.80. The van der Waals surface area contributed by atoms with E-state index >= 15 is 0 Å². The second kappa shape index (κ2) is 9.05. The number of rotatable bonds is 5. The zero-order valence-corrected chi connectivity index (χ0v) is 14.8. The highest BCUT2D eigenvalue weighted by molar-refractivity contribution is 8.76. The van der Waals surface area contributed by atoms with Crippen LogP contribution in [0.5, 0.6) is 0 Å². The molecule has 10 nitrogen and oxygen atoms in total. The number of hydrogen-bond acceptors (Lipinski definition) is 8. The van der Waals surface area contributed by atoms with E-state index in [1.165, 1.54) is 21.6 Å². The molecule has 0 saturated carbocycles. The molecular formula is C14H14N8O2S2. The van der Waals surface area contributed by atoms with E-state index in [0.717, 1.165) is 11.1 Å². The van der Waals surface area contributed by atoms with Gasteiger partial charge in [0.05, 0.1) is 0 Å². The Morgan fingerprint density at radius 3 is 1.38 bits per heavy atom. The van der Waals surface area contributed by atoms with Gasteiger partial charge in [-0.05, 0) is 45.9 Å². The monoisotopic (exact) mass is 390 g/mol. The van der Waals surface area contributed by atoms with Gasteiger partial charge in [0.1, 0.15) is 0 Å². The Balaban J connectivity index is 0.00000121. The molecule has 26 heavy (non-hydrogen) atoms. The summed E-state index contributed by atoms with van der Waals surface area (Å²) in [4.78, 5) is 16.8. The predicted molar refractivity (Wildman–Crippen MR) is 98.2 cm³/mol. The molecule has 0 atom stereocenters. The summed E-state index contributed by atoms with van der Waals surface area (Å²) in [7, 11) is 2.78. The first-order valence-corrected chi connectivity index (χ1v) is 9.03. The minimum atomic E-state index is 0. The van der Waals surface area contributed by atoms with E-state index in [1.807, 2.05) is 24.3 Å². The van der Waals surface area contributed by atoms with Gasteiger partial charge in [0.15, 0.2) is 11.6 Å². The maximum atomic E-state index is 4.43. The maximum Gasteiger partial charge on any atom is 0.219 e. The summed E-state index contributed by atoms with van der Waals surface area (Å²) in [5.74, 6) is 1.40. The van der Waals surface area contributed by atoms with Crippen LogP contribution in [0.4, 0.5) is 0 Å². The van der Waals surface area contributed by atoms with Crippen molar-refractivity contribution in [2.45, 2.75) is 10.3 Å². The first-order chi connectivity index (χ1) is 11.9. The van der Waals surface area contributed by atoms with Crippen LogP contribution in [0.1, 0.15) is 0 Å². The molecule has 0 aliphatic heterocycles. The molecule has 0 radical (unpaired) electrons. The van der Waals surface area contributed by atoms with Crippen LogP contribution in [0.15, 0.2) is 59.4 Å². The number of pyridine rings is 2. The van der Waals surface area contributed by atoms with Gasteiger partial charge in [-0.3, -0.25) is 20.2 Å². The smallest absolute Gasteiger partial charge is 0.219 e. The van der Waals surface area contributed by atoms with E-state index in [4.69, 9.17) is 0 Å². The van der Waals surface area contributed by atoms with Crippen molar-refractivity contribution < 1.29 is 11.0 Å². The van der Waals surface area contributed by atoms with E-state index in [9.17, 15) is 0 Å². The topological polar surface area (TPSA) is 172 Å². The molecule has 0 bridgehead atoms. The lowest BCUT2D eigenvalue weighted by atomic mass is 10.3. The minimum absolute atomic E-state index is 0. The molecular weight excluding hydrogens is 376 g/mol. The zero-order valence-electron chi connectivity index (χ0n) is 13.1. The number of H-pyrrole nitrogens is 2. The summed E-state index contributed by atoms with van der Waals surface area (Å²) >= 11 is 0. The Kier molecular flexibility index (Phi) is 6.80. The van der Waals surface area contributed by atoms with Crippen molar-refractivity contribution in [3.8, 4) is 22.8 Å². The Morgan fingerprint density at radius 1 is 0.615 bits per heavy atom. The van der Waals surface area contributed by atoms with Crippen LogP contribution in [-0.2, 0) is 0 Å². The van der Waals surface area contributed by atoms with Crippen molar-refractivity contribution in [1.82, 2.24) is 40.3 Å². The van der Waals surface area contributed by atoms with E-state index < -0.39 is 0 Å². The average Bonchev–Trinajstić information content (AvgIpc) is 3.31. The van der Waals surface area contributed by atoms with Gasteiger partial charge >= 0.3 is 0 Å². The van der Waals surface area contributed by atoms with Gasteiger partial charge in [0, 0.05) is 35.9 Å². The first kappa shape index (κ1) is 19.5. The van der Waals surface area contributed by atoms with Crippen molar-refractivity contribution in [2.75, 3.05) is 0 Å². The second-order valence-electron chi connectivity index (χ2n) is 4.57. The summed E-state index contributed by atoms with van der Waals surface area (Å²) in [6.45, 7) is 0. The molecule has 6 N–H and O–H groups in total. The molecule has 0 amide bonds. The van der Waals surface area contributed by atoms with Crippen LogP contribution in [0.3, 0.4) is 0 Å². The average molecular weight is 390 g/mol. The van der Waals surface area contributed by atoms with Crippen molar-refractivity contribution in [3.05, 3.63) is 49.1 Å². The van der Waals surface area contributed by atoms with Crippen molar-refractivity contribution in [2.24, 2.45) is 0 Å². The summed E-state index contributed by atoms with van der Waals surface area (Å²) in [6, 6.07) is 7.49. The van der Waals surface area contributed by atoms with Gasteiger partial charge in [-0.2, -0.15) is 0 Å². The summed E-state index contributed by atoms with van der Waals surface area (Å²) in [6.07, 6.45) is 6.86. The third-order valence-electron chi connectivity index (χ3n) is 3.03. The fraction of sp³-hybridized carbons (Fsp3) is 0.